The summed E-state index contributed by atoms with van der Waals surface area (Å²) in [5.41, 5.74) is 0.462. The number of thiazole rings is 1. The molecule has 0 aliphatic heterocycles. The van der Waals surface area contributed by atoms with E-state index in [-0.39, 0.29) is 5.91 Å². The maximum atomic E-state index is 11.5. The number of carbonyl (C=O) groups excluding carboxylic acids is 1. The lowest BCUT2D eigenvalue weighted by atomic mass is 10.4. The molecule has 2 heterocycles. The second-order valence-corrected chi connectivity index (χ2v) is 4.03. The molecular weight excluding hydrogens is 212 g/mol. The van der Waals surface area contributed by atoms with Crippen LogP contribution in [0.15, 0.2) is 17.8 Å². The number of hydrogen-bond donors (Lipinski definition) is 2. The van der Waals surface area contributed by atoms with Crippen LogP contribution in [0.25, 0.3) is 0 Å². The van der Waals surface area contributed by atoms with Gasteiger partial charge in [-0.3, -0.25) is 4.79 Å². The van der Waals surface area contributed by atoms with E-state index in [4.69, 9.17) is 0 Å². The van der Waals surface area contributed by atoms with Crippen LogP contribution in [-0.4, -0.2) is 20.9 Å². The van der Waals surface area contributed by atoms with Crippen LogP contribution in [-0.2, 0) is 6.54 Å². The summed E-state index contributed by atoms with van der Waals surface area (Å²) < 4.78 is 0. The summed E-state index contributed by atoms with van der Waals surface area (Å²) in [5.74, 6) is 0.561. The molecule has 0 aliphatic carbocycles. The van der Waals surface area contributed by atoms with E-state index in [1.165, 1.54) is 11.3 Å². The molecule has 0 atom stereocenters. The summed E-state index contributed by atoms with van der Waals surface area (Å²) in [6.45, 7) is 2.26. The number of nitrogens with one attached hydrogen (secondary N) is 2. The van der Waals surface area contributed by atoms with Crippen molar-refractivity contribution < 1.29 is 4.79 Å². The molecule has 78 valence electrons. The molecule has 0 aliphatic rings. The van der Waals surface area contributed by atoms with E-state index in [0.29, 0.717) is 12.2 Å². The molecule has 0 bridgehead atoms. The number of hydrogen-bond acceptors (Lipinski definition) is 4. The number of aromatic amines is 1. The second kappa shape index (κ2) is 4.22. The van der Waals surface area contributed by atoms with Crippen molar-refractivity contribution in [1.29, 1.82) is 0 Å². The fraction of sp³-hybridized carbons (Fsp3) is 0.222. The van der Waals surface area contributed by atoms with Gasteiger partial charge in [-0.15, -0.1) is 11.3 Å². The third-order valence-corrected chi connectivity index (χ3v) is 2.60. The smallest absolute Gasteiger partial charge is 0.271 e. The summed E-state index contributed by atoms with van der Waals surface area (Å²) in [4.78, 5) is 22.5. The van der Waals surface area contributed by atoms with Crippen molar-refractivity contribution in [3.8, 4) is 0 Å². The number of amides is 1. The SMILES string of the molecule is Cc1nc(C(=O)NCc2ncc[nH]2)cs1. The minimum absolute atomic E-state index is 0.171. The minimum atomic E-state index is -0.171. The molecule has 0 fully saturated rings. The van der Waals surface area contributed by atoms with Gasteiger partial charge in [0.1, 0.15) is 11.5 Å². The maximum Gasteiger partial charge on any atom is 0.271 e. The number of carbonyl (C=O) groups is 1. The monoisotopic (exact) mass is 222 g/mol. The van der Waals surface area contributed by atoms with Crippen LogP contribution in [0.4, 0.5) is 0 Å². The zero-order chi connectivity index (χ0) is 10.7. The number of H-pyrrole nitrogens is 1. The summed E-state index contributed by atoms with van der Waals surface area (Å²) in [6.07, 6.45) is 3.36. The van der Waals surface area contributed by atoms with E-state index in [9.17, 15) is 4.79 Å². The van der Waals surface area contributed by atoms with Crippen LogP contribution in [0.2, 0.25) is 0 Å². The van der Waals surface area contributed by atoms with Crippen molar-refractivity contribution >= 4 is 17.2 Å². The normalized spacial score (nSPS) is 10.2. The number of aryl methyl sites for hydroxylation is 1. The fourth-order valence-electron chi connectivity index (χ4n) is 1.12. The highest BCUT2D eigenvalue weighted by Crippen LogP contribution is 2.07. The molecule has 2 aromatic heterocycles. The van der Waals surface area contributed by atoms with Crippen LogP contribution in [0.5, 0.6) is 0 Å². The van der Waals surface area contributed by atoms with Crippen LogP contribution in [0.1, 0.15) is 21.3 Å². The third-order valence-electron chi connectivity index (χ3n) is 1.82. The fourth-order valence-corrected chi connectivity index (χ4v) is 1.71. The molecular formula is C9H10N4OS. The first kappa shape index (κ1) is 9.85. The van der Waals surface area contributed by atoms with Gasteiger partial charge < -0.3 is 10.3 Å². The molecule has 2 N–H and O–H groups in total. The third kappa shape index (κ3) is 2.41. The first-order chi connectivity index (χ1) is 7.25. The Hall–Kier alpha value is -1.69. The lowest BCUT2D eigenvalue weighted by Gasteiger charge is -1.99. The number of imidazole rings is 1. The molecule has 0 spiro atoms. The van der Waals surface area contributed by atoms with Crippen molar-refractivity contribution in [3.05, 3.63) is 34.3 Å². The molecule has 15 heavy (non-hydrogen) atoms. The highest BCUT2D eigenvalue weighted by Gasteiger charge is 2.08. The van der Waals surface area contributed by atoms with Gasteiger partial charge in [-0.05, 0) is 6.92 Å². The van der Waals surface area contributed by atoms with Gasteiger partial charge in [-0.2, -0.15) is 0 Å². The topological polar surface area (TPSA) is 70.7 Å². The summed E-state index contributed by atoms with van der Waals surface area (Å²) >= 11 is 1.46. The summed E-state index contributed by atoms with van der Waals surface area (Å²) in [7, 11) is 0. The van der Waals surface area contributed by atoms with Crippen molar-refractivity contribution in [3.63, 3.8) is 0 Å². The van der Waals surface area contributed by atoms with E-state index < -0.39 is 0 Å². The van der Waals surface area contributed by atoms with Crippen molar-refractivity contribution in [2.75, 3.05) is 0 Å². The van der Waals surface area contributed by atoms with E-state index >= 15 is 0 Å². The number of aromatic nitrogens is 3. The van der Waals surface area contributed by atoms with E-state index in [2.05, 4.69) is 20.3 Å². The maximum absolute atomic E-state index is 11.5. The van der Waals surface area contributed by atoms with Crippen LogP contribution in [0, 0.1) is 6.92 Å². The summed E-state index contributed by atoms with van der Waals surface area (Å²) in [6, 6.07) is 0. The Morgan fingerprint density at radius 2 is 2.53 bits per heavy atom. The Morgan fingerprint density at radius 3 is 3.13 bits per heavy atom. The molecule has 5 nitrogen and oxygen atoms in total. The van der Waals surface area contributed by atoms with Gasteiger partial charge in [0.05, 0.1) is 11.6 Å². The first-order valence-electron chi connectivity index (χ1n) is 4.44. The molecule has 2 rings (SSSR count). The minimum Gasteiger partial charge on any atom is -0.347 e. The lowest BCUT2D eigenvalue weighted by Crippen LogP contribution is -2.23. The predicted octanol–water partition coefficient (Wildman–Crippen LogP) is 1.10. The second-order valence-electron chi connectivity index (χ2n) is 2.97. The van der Waals surface area contributed by atoms with Crippen molar-refractivity contribution in [2.45, 2.75) is 13.5 Å². The Kier molecular flexibility index (Phi) is 2.77. The van der Waals surface area contributed by atoms with Gasteiger partial charge in [0.2, 0.25) is 0 Å². The first-order valence-corrected chi connectivity index (χ1v) is 5.32. The standard InChI is InChI=1S/C9H10N4OS/c1-6-13-7(5-15-6)9(14)12-4-8-10-2-3-11-8/h2-3,5H,4H2,1H3,(H,10,11)(H,12,14). The van der Waals surface area contributed by atoms with E-state index in [1.807, 2.05) is 6.92 Å². The molecule has 2 aromatic rings. The van der Waals surface area contributed by atoms with Gasteiger partial charge in [-0.25, -0.2) is 9.97 Å². The largest absolute Gasteiger partial charge is 0.347 e. The van der Waals surface area contributed by atoms with E-state index in [1.54, 1.807) is 17.8 Å². The Bertz CT molecular complexity index is 448. The van der Waals surface area contributed by atoms with Crippen molar-refractivity contribution in [2.24, 2.45) is 0 Å². The van der Waals surface area contributed by atoms with Gasteiger partial charge in [0.15, 0.2) is 0 Å². The van der Waals surface area contributed by atoms with Gasteiger partial charge in [0, 0.05) is 17.8 Å². The number of nitrogens with zero attached hydrogens (tertiary/aromatic N) is 2. The zero-order valence-electron chi connectivity index (χ0n) is 8.15. The van der Waals surface area contributed by atoms with Crippen molar-refractivity contribution in [1.82, 2.24) is 20.3 Å². The zero-order valence-corrected chi connectivity index (χ0v) is 8.97. The molecule has 0 radical (unpaired) electrons. The van der Waals surface area contributed by atoms with Gasteiger partial charge in [-0.1, -0.05) is 0 Å². The quantitative estimate of drug-likeness (QED) is 0.817. The predicted molar refractivity (Wildman–Crippen MR) is 56.6 cm³/mol. The Morgan fingerprint density at radius 1 is 1.67 bits per heavy atom. The highest BCUT2D eigenvalue weighted by atomic mass is 32.1. The van der Waals surface area contributed by atoms with Crippen LogP contribution >= 0.6 is 11.3 Å². The van der Waals surface area contributed by atoms with E-state index in [0.717, 1.165) is 10.8 Å². The molecule has 6 heteroatoms. The number of rotatable bonds is 3. The van der Waals surface area contributed by atoms with Crippen LogP contribution in [0.3, 0.4) is 0 Å². The molecule has 0 saturated heterocycles. The highest BCUT2D eigenvalue weighted by molar-refractivity contribution is 7.09. The molecule has 0 unspecified atom stereocenters. The Labute approximate surface area is 90.6 Å². The van der Waals surface area contributed by atoms with Crippen LogP contribution < -0.4 is 5.32 Å². The summed E-state index contributed by atoms with van der Waals surface area (Å²) in [5, 5.41) is 5.36. The Balaban J connectivity index is 1.93. The molecule has 1 amide bonds. The lowest BCUT2D eigenvalue weighted by molar-refractivity contribution is 0.0945. The van der Waals surface area contributed by atoms with Gasteiger partial charge >= 0.3 is 0 Å². The molecule has 0 aromatic carbocycles. The average Bonchev–Trinajstić information content (AvgIpc) is 2.84. The average molecular weight is 222 g/mol. The molecule has 0 saturated carbocycles. The van der Waals surface area contributed by atoms with Gasteiger partial charge in [0.25, 0.3) is 5.91 Å².